The highest BCUT2D eigenvalue weighted by molar-refractivity contribution is 5.96. The molecule has 0 aliphatic heterocycles. The number of anilines is 2. The first-order valence-electron chi connectivity index (χ1n) is 9.67. The SMILES string of the molecule is CN(C)N(C(=O)c1ccccc1)[C@@H](CC(C(=O)O)c1cnc2nc(N)nc(N)c2n1)C(=O)O. The summed E-state index contributed by atoms with van der Waals surface area (Å²) < 4.78 is 0. The minimum Gasteiger partial charge on any atom is -0.481 e. The fourth-order valence-corrected chi connectivity index (χ4v) is 3.32. The van der Waals surface area contributed by atoms with E-state index in [-0.39, 0.29) is 34.2 Å². The van der Waals surface area contributed by atoms with Crippen LogP contribution in [0.2, 0.25) is 0 Å². The maximum absolute atomic E-state index is 13.1. The highest BCUT2D eigenvalue weighted by Crippen LogP contribution is 2.26. The molecule has 3 rings (SSSR count). The molecule has 0 aliphatic rings. The Hall–Kier alpha value is -4.39. The van der Waals surface area contributed by atoms with Crippen molar-refractivity contribution in [2.75, 3.05) is 25.6 Å². The van der Waals surface area contributed by atoms with E-state index in [0.717, 1.165) is 11.2 Å². The molecule has 1 amide bonds. The third kappa shape index (κ3) is 4.93. The fraction of sp³-hybridized carbons (Fsp3) is 0.250. The van der Waals surface area contributed by atoms with Crippen molar-refractivity contribution in [2.24, 2.45) is 0 Å². The Balaban J connectivity index is 2.02. The molecule has 0 saturated carbocycles. The van der Waals surface area contributed by atoms with Crippen LogP contribution in [0.1, 0.15) is 28.4 Å². The number of carboxylic acid groups (broad SMARTS) is 2. The van der Waals surface area contributed by atoms with Gasteiger partial charge in [0.25, 0.3) is 5.91 Å². The predicted octanol–water partition coefficient (Wildman–Crippen LogP) is 0.215. The van der Waals surface area contributed by atoms with Gasteiger partial charge in [-0.25, -0.2) is 19.8 Å². The van der Waals surface area contributed by atoms with Crippen LogP contribution in [-0.2, 0) is 9.59 Å². The van der Waals surface area contributed by atoms with Crippen LogP contribution >= 0.6 is 0 Å². The molecule has 0 saturated heterocycles. The summed E-state index contributed by atoms with van der Waals surface area (Å²) in [5, 5.41) is 22.1. The lowest BCUT2D eigenvalue weighted by atomic mass is 9.95. The number of nitrogens with zero attached hydrogens (tertiary/aromatic N) is 6. The molecule has 0 fully saturated rings. The average molecular weight is 454 g/mol. The number of aromatic nitrogens is 4. The van der Waals surface area contributed by atoms with Crippen molar-refractivity contribution in [3.05, 3.63) is 47.8 Å². The minimum absolute atomic E-state index is 0.0321. The van der Waals surface area contributed by atoms with Crippen molar-refractivity contribution in [3.8, 4) is 0 Å². The molecule has 1 aromatic carbocycles. The van der Waals surface area contributed by atoms with Crippen LogP contribution in [0.3, 0.4) is 0 Å². The van der Waals surface area contributed by atoms with E-state index in [9.17, 15) is 24.6 Å². The van der Waals surface area contributed by atoms with Gasteiger partial charge in [-0.05, 0) is 18.6 Å². The Labute approximate surface area is 187 Å². The topological polar surface area (TPSA) is 202 Å². The van der Waals surface area contributed by atoms with Crippen molar-refractivity contribution >= 4 is 40.8 Å². The lowest BCUT2D eigenvalue weighted by Gasteiger charge is -2.35. The second-order valence-electron chi connectivity index (χ2n) is 7.28. The molecule has 2 heterocycles. The molecule has 33 heavy (non-hydrogen) atoms. The first-order chi connectivity index (χ1) is 15.6. The third-order valence-electron chi connectivity index (χ3n) is 4.82. The Morgan fingerprint density at radius 3 is 2.24 bits per heavy atom. The number of hydrogen-bond acceptors (Lipinski definition) is 10. The number of carbonyl (C=O) groups excluding carboxylic acids is 1. The zero-order valence-electron chi connectivity index (χ0n) is 17.8. The maximum Gasteiger partial charge on any atom is 0.328 e. The number of fused-ring (bicyclic) bond motifs is 1. The first kappa shape index (κ1) is 23.3. The van der Waals surface area contributed by atoms with E-state index in [1.165, 1.54) is 31.2 Å². The first-order valence-corrected chi connectivity index (χ1v) is 9.67. The van der Waals surface area contributed by atoms with Crippen molar-refractivity contribution < 1.29 is 24.6 Å². The van der Waals surface area contributed by atoms with E-state index < -0.39 is 36.2 Å². The molecular weight excluding hydrogens is 432 g/mol. The number of hydrogen-bond donors (Lipinski definition) is 4. The number of carboxylic acids is 2. The minimum atomic E-state index is -1.52. The zero-order valence-corrected chi connectivity index (χ0v) is 17.8. The average Bonchev–Trinajstić information content (AvgIpc) is 2.76. The van der Waals surface area contributed by atoms with Crippen molar-refractivity contribution in [2.45, 2.75) is 18.4 Å². The molecule has 1 unspecified atom stereocenters. The van der Waals surface area contributed by atoms with Gasteiger partial charge in [0.1, 0.15) is 12.0 Å². The molecule has 3 aromatic rings. The summed E-state index contributed by atoms with van der Waals surface area (Å²) in [6.07, 6.45) is 0.669. The van der Waals surface area contributed by atoms with Gasteiger partial charge < -0.3 is 21.7 Å². The van der Waals surface area contributed by atoms with Gasteiger partial charge in [-0.1, -0.05) is 18.2 Å². The number of carbonyl (C=O) groups is 3. The Kier molecular flexibility index (Phi) is 6.63. The Bertz CT molecular complexity index is 1200. The standard InChI is InChI=1S/C20H22N8O5/c1-27(2)28(17(29)10-6-4-3-5-7-10)13(19(32)33)8-11(18(30)31)12-9-23-16-14(24-12)15(21)25-20(22)26-16/h3-7,9,11,13H,8H2,1-2H3,(H,30,31)(H,32,33)(H4,21,22,23,25,26)/t11?,13-/m0/s1. The highest BCUT2D eigenvalue weighted by atomic mass is 16.4. The molecule has 0 bridgehead atoms. The van der Waals surface area contributed by atoms with Crippen LogP contribution in [0.15, 0.2) is 36.5 Å². The molecule has 0 radical (unpaired) electrons. The van der Waals surface area contributed by atoms with Gasteiger partial charge >= 0.3 is 11.9 Å². The number of amides is 1. The van der Waals surface area contributed by atoms with Crippen LogP contribution in [0, 0.1) is 0 Å². The van der Waals surface area contributed by atoms with E-state index in [1.54, 1.807) is 18.2 Å². The summed E-state index contributed by atoms with van der Waals surface area (Å²) in [6.45, 7) is 0. The zero-order chi connectivity index (χ0) is 24.3. The fourth-order valence-electron chi connectivity index (χ4n) is 3.32. The molecule has 2 atom stereocenters. The van der Waals surface area contributed by atoms with Crippen LogP contribution < -0.4 is 11.5 Å². The van der Waals surface area contributed by atoms with E-state index in [1.807, 2.05) is 0 Å². The normalized spacial score (nSPS) is 12.9. The summed E-state index contributed by atoms with van der Waals surface area (Å²) in [4.78, 5) is 53.3. The van der Waals surface area contributed by atoms with Gasteiger partial charge in [-0.2, -0.15) is 9.97 Å². The molecule has 0 spiro atoms. The number of nitrogens with two attached hydrogens (primary N) is 2. The van der Waals surface area contributed by atoms with Crippen molar-refractivity contribution in [3.63, 3.8) is 0 Å². The summed E-state index contributed by atoms with van der Waals surface area (Å²) in [6, 6.07) is 6.55. The summed E-state index contributed by atoms with van der Waals surface area (Å²) in [5.41, 5.74) is 11.6. The quantitative estimate of drug-likeness (QED) is 0.338. The van der Waals surface area contributed by atoms with E-state index >= 15 is 0 Å². The number of rotatable bonds is 8. The summed E-state index contributed by atoms with van der Waals surface area (Å²) >= 11 is 0. The molecule has 2 aromatic heterocycles. The number of nitrogen functional groups attached to an aromatic ring is 2. The van der Waals surface area contributed by atoms with E-state index in [2.05, 4.69) is 19.9 Å². The van der Waals surface area contributed by atoms with Gasteiger partial charge in [0.2, 0.25) is 5.95 Å². The van der Waals surface area contributed by atoms with Crippen molar-refractivity contribution in [1.29, 1.82) is 0 Å². The molecule has 13 heteroatoms. The maximum atomic E-state index is 13.1. The van der Waals surface area contributed by atoms with Gasteiger partial charge in [0, 0.05) is 19.7 Å². The second kappa shape index (κ2) is 9.40. The molecule has 0 aliphatic carbocycles. The van der Waals surface area contributed by atoms with Gasteiger partial charge in [0.15, 0.2) is 17.0 Å². The van der Waals surface area contributed by atoms with Gasteiger partial charge in [-0.15, -0.1) is 0 Å². The lowest BCUT2D eigenvalue weighted by Crippen LogP contribution is -2.53. The number of hydrazine groups is 1. The molecule has 6 N–H and O–H groups in total. The molecule has 172 valence electrons. The Morgan fingerprint density at radius 2 is 1.67 bits per heavy atom. The molecule has 13 nitrogen and oxygen atoms in total. The summed E-state index contributed by atoms with van der Waals surface area (Å²) in [5.74, 6) is -4.98. The van der Waals surface area contributed by atoms with E-state index in [4.69, 9.17) is 11.5 Å². The number of benzene rings is 1. The summed E-state index contributed by atoms with van der Waals surface area (Å²) in [7, 11) is 2.98. The van der Waals surface area contributed by atoms with Crippen molar-refractivity contribution in [1.82, 2.24) is 30.0 Å². The highest BCUT2D eigenvalue weighted by Gasteiger charge is 2.37. The monoisotopic (exact) mass is 454 g/mol. The molecular formula is C20H22N8O5. The lowest BCUT2D eigenvalue weighted by molar-refractivity contribution is -0.149. The smallest absolute Gasteiger partial charge is 0.328 e. The van der Waals surface area contributed by atoms with Gasteiger partial charge in [-0.3, -0.25) is 14.6 Å². The predicted molar refractivity (Wildman–Crippen MR) is 117 cm³/mol. The van der Waals surface area contributed by atoms with Crippen LogP contribution in [0.25, 0.3) is 11.2 Å². The Morgan fingerprint density at radius 1 is 1.00 bits per heavy atom. The van der Waals surface area contributed by atoms with Gasteiger partial charge in [0.05, 0.1) is 11.9 Å². The third-order valence-corrected chi connectivity index (χ3v) is 4.82. The number of aliphatic carboxylic acids is 2. The van der Waals surface area contributed by atoms with Crippen LogP contribution in [-0.4, -0.2) is 78.1 Å². The second-order valence-corrected chi connectivity index (χ2v) is 7.28. The largest absolute Gasteiger partial charge is 0.481 e. The van der Waals surface area contributed by atoms with Crippen LogP contribution in [0.4, 0.5) is 11.8 Å². The van der Waals surface area contributed by atoms with E-state index in [0.29, 0.717) is 0 Å². The van der Waals surface area contributed by atoms with Crippen LogP contribution in [0.5, 0.6) is 0 Å².